The minimum Gasteiger partial charge on any atom is -0.397 e. The van der Waals surface area contributed by atoms with Crippen LogP contribution in [-0.4, -0.2) is 51.3 Å². The van der Waals surface area contributed by atoms with Gasteiger partial charge in [0.05, 0.1) is 23.8 Å². The van der Waals surface area contributed by atoms with Crippen LogP contribution in [-0.2, 0) is 0 Å². The number of aliphatic hydroxyl groups is 1. The second kappa shape index (κ2) is 7.99. The van der Waals surface area contributed by atoms with Gasteiger partial charge in [0.2, 0.25) is 0 Å². The summed E-state index contributed by atoms with van der Waals surface area (Å²) in [6.45, 7) is 3.74. The van der Waals surface area contributed by atoms with Gasteiger partial charge in [-0.05, 0) is 19.1 Å². The number of aliphatic hydroxyl groups excluding tert-OH is 1. The number of benzene rings is 1. The number of hydrogen-bond donors (Lipinski definition) is 1. The molecule has 7 heteroatoms. The van der Waals surface area contributed by atoms with Crippen molar-refractivity contribution in [2.24, 2.45) is 0 Å². The van der Waals surface area contributed by atoms with Crippen molar-refractivity contribution in [3.05, 3.63) is 36.4 Å². The zero-order valence-corrected chi connectivity index (χ0v) is 12.8. The molecule has 2 aromatic rings. The second-order valence-corrected chi connectivity index (χ2v) is 5.62. The summed E-state index contributed by atoms with van der Waals surface area (Å²) in [5.41, 5.74) is 1.37. The first-order valence-corrected chi connectivity index (χ1v) is 8.01. The molecule has 1 aromatic heterocycles. The standard InChI is InChI=1S/C12H13FN4S.C2H6O/c13-11-9-10(17-4-3-14-15-17)1-2-12(11)16-5-7-18-8-6-16;1-2-3/h1-4,9H,5-8H2;3H,2H2,1H3. The fourth-order valence-electron chi connectivity index (χ4n) is 2.04. The lowest BCUT2D eigenvalue weighted by atomic mass is 10.2. The summed E-state index contributed by atoms with van der Waals surface area (Å²) in [4.78, 5) is 2.09. The van der Waals surface area contributed by atoms with Crippen molar-refractivity contribution in [2.75, 3.05) is 36.1 Å². The van der Waals surface area contributed by atoms with Crippen molar-refractivity contribution in [1.29, 1.82) is 0 Å². The van der Waals surface area contributed by atoms with Gasteiger partial charge in [-0.15, -0.1) is 5.10 Å². The summed E-state index contributed by atoms with van der Waals surface area (Å²) in [7, 11) is 0. The summed E-state index contributed by atoms with van der Waals surface area (Å²) < 4.78 is 15.7. The van der Waals surface area contributed by atoms with Crippen LogP contribution in [0.4, 0.5) is 10.1 Å². The summed E-state index contributed by atoms with van der Waals surface area (Å²) >= 11 is 1.91. The Morgan fingerprint density at radius 1 is 1.33 bits per heavy atom. The van der Waals surface area contributed by atoms with Crippen LogP contribution in [0.15, 0.2) is 30.6 Å². The van der Waals surface area contributed by atoms with Gasteiger partial charge in [-0.25, -0.2) is 9.07 Å². The summed E-state index contributed by atoms with van der Waals surface area (Å²) in [6, 6.07) is 5.20. The third-order valence-corrected chi connectivity index (χ3v) is 3.91. The van der Waals surface area contributed by atoms with Crippen molar-refractivity contribution in [3.63, 3.8) is 0 Å². The molecular formula is C14H19FN4OS. The summed E-state index contributed by atoms with van der Waals surface area (Å²) in [5.74, 6) is 1.92. The fraction of sp³-hybridized carbons (Fsp3) is 0.429. The number of hydrogen-bond acceptors (Lipinski definition) is 5. The molecule has 0 amide bonds. The molecular weight excluding hydrogens is 291 g/mol. The lowest BCUT2D eigenvalue weighted by Crippen LogP contribution is -2.33. The highest BCUT2D eigenvalue weighted by Gasteiger charge is 2.15. The second-order valence-electron chi connectivity index (χ2n) is 4.40. The minimum absolute atomic E-state index is 0.199. The molecule has 0 spiro atoms. The fourth-order valence-corrected chi connectivity index (χ4v) is 2.95. The quantitative estimate of drug-likeness (QED) is 0.919. The molecule has 1 fully saturated rings. The SMILES string of the molecule is CCO.Fc1cc(-n2ccnn2)ccc1N1CCSCC1. The Bertz CT molecular complexity index is 544. The van der Waals surface area contributed by atoms with Gasteiger partial charge in [-0.2, -0.15) is 11.8 Å². The molecule has 1 aliphatic rings. The predicted octanol–water partition coefficient (Wildman–Crippen LogP) is 1.96. The smallest absolute Gasteiger partial charge is 0.148 e. The first-order valence-electron chi connectivity index (χ1n) is 6.86. The molecule has 1 aliphatic heterocycles. The Balaban J connectivity index is 0.000000497. The highest BCUT2D eigenvalue weighted by molar-refractivity contribution is 7.99. The topological polar surface area (TPSA) is 54.2 Å². The third kappa shape index (κ3) is 4.18. The van der Waals surface area contributed by atoms with E-state index in [9.17, 15) is 4.39 Å². The van der Waals surface area contributed by atoms with Crippen molar-refractivity contribution >= 4 is 17.4 Å². The van der Waals surface area contributed by atoms with Crippen LogP contribution in [0.25, 0.3) is 5.69 Å². The normalized spacial score (nSPS) is 14.5. The Kier molecular flexibility index (Phi) is 6.01. The zero-order chi connectivity index (χ0) is 15.1. The van der Waals surface area contributed by atoms with Crippen LogP contribution in [0.5, 0.6) is 0 Å². The van der Waals surface area contributed by atoms with E-state index in [4.69, 9.17) is 5.11 Å². The van der Waals surface area contributed by atoms with Gasteiger partial charge < -0.3 is 10.0 Å². The molecule has 0 aliphatic carbocycles. The van der Waals surface area contributed by atoms with Crippen LogP contribution in [0.2, 0.25) is 0 Å². The molecule has 0 saturated carbocycles. The molecule has 21 heavy (non-hydrogen) atoms. The molecule has 0 unspecified atom stereocenters. The monoisotopic (exact) mass is 310 g/mol. The van der Waals surface area contributed by atoms with E-state index in [-0.39, 0.29) is 12.4 Å². The molecule has 1 saturated heterocycles. The van der Waals surface area contributed by atoms with Crippen LogP contribution in [0.3, 0.4) is 0 Å². The van der Waals surface area contributed by atoms with E-state index in [1.54, 1.807) is 24.0 Å². The maximum atomic E-state index is 14.1. The Morgan fingerprint density at radius 2 is 2.05 bits per heavy atom. The average Bonchev–Trinajstić information content (AvgIpc) is 3.03. The number of nitrogens with zero attached hydrogens (tertiary/aromatic N) is 4. The summed E-state index contributed by atoms with van der Waals surface area (Å²) in [5, 5.41) is 15.1. The molecule has 2 heterocycles. The van der Waals surface area contributed by atoms with Crippen molar-refractivity contribution in [2.45, 2.75) is 6.92 Å². The molecule has 0 radical (unpaired) electrons. The van der Waals surface area contributed by atoms with Crippen molar-refractivity contribution < 1.29 is 9.50 Å². The van der Waals surface area contributed by atoms with Gasteiger partial charge in [-0.1, -0.05) is 5.21 Å². The van der Waals surface area contributed by atoms with Gasteiger partial charge in [0, 0.05) is 37.3 Å². The van der Waals surface area contributed by atoms with Gasteiger partial charge in [0.15, 0.2) is 0 Å². The number of thioether (sulfide) groups is 1. The Morgan fingerprint density at radius 3 is 2.62 bits per heavy atom. The highest BCUT2D eigenvalue weighted by Crippen LogP contribution is 2.24. The van der Waals surface area contributed by atoms with Crippen LogP contribution in [0, 0.1) is 5.82 Å². The molecule has 1 N–H and O–H groups in total. The van der Waals surface area contributed by atoms with E-state index >= 15 is 0 Å². The predicted molar refractivity (Wildman–Crippen MR) is 83.6 cm³/mol. The molecule has 1 aromatic carbocycles. The van der Waals surface area contributed by atoms with E-state index in [0.29, 0.717) is 11.4 Å². The third-order valence-electron chi connectivity index (χ3n) is 2.97. The maximum Gasteiger partial charge on any atom is 0.148 e. The average molecular weight is 310 g/mol. The van der Waals surface area contributed by atoms with Crippen LogP contribution < -0.4 is 4.90 Å². The minimum atomic E-state index is -0.199. The number of halogens is 1. The van der Waals surface area contributed by atoms with E-state index in [0.717, 1.165) is 24.6 Å². The Hall–Kier alpha value is -1.60. The van der Waals surface area contributed by atoms with Crippen molar-refractivity contribution in [3.8, 4) is 5.69 Å². The lowest BCUT2D eigenvalue weighted by Gasteiger charge is -2.28. The first-order chi connectivity index (χ1) is 10.3. The summed E-state index contributed by atoms with van der Waals surface area (Å²) in [6.07, 6.45) is 3.28. The van der Waals surface area contributed by atoms with Crippen molar-refractivity contribution in [1.82, 2.24) is 15.0 Å². The van der Waals surface area contributed by atoms with Gasteiger partial charge in [0.25, 0.3) is 0 Å². The van der Waals surface area contributed by atoms with Crippen LogP contribution in [0.1, 0.15) is 6.92 Å². The van der Waals surface area contributed by atoms with Gasteiger partial charge in [0.1, 0.15) is 5.82 Å². The van der Waals surface area contributed by atoms with E-state index in [1.165, 1.54) is 6.07 Å². The molecule has 0 bridgehead atoms. The molecule has 3 rings (SSSR count). The maximum absolute atomic E-state index is 14.1. The van der Waals surface area contributed by atoms with Gasteiger partial charge in [-0.3, -0.25) is 0 Å². The molecule has 5 nitrogen and oxygen atoms in total. The highest BCUT2D eigenvalue weighted by atomic mass is 32.2. The number of rotatable bonds is 2. The molecule has 0 atom stereocenters. The van der Waals surface area contributed by atoms with Gasteiger partial charge >= 0.3 is 0 Å². The lowest BCUT2D eigenvalue weighted by molar-refractivity contribution is 0.318. The van der Waals surface area contributed by atoms with E-state index in [1.807, 2.05) is 23.9 Å². The first kappa shape index (κ1) is 15.8. The largest absolute Gasteiger partial charge is 0.397 e. The number of anilines is 1. The Labute approximate surface area is 127 Å². The number of aromatic nitrogens is 3. The molecule has 114 valence electrons. The van der Waals surface area contributed by atoms with E-state index < -0.39 is 0 Å². The van der Waals surface area contributed by atoms with E-state index in [2.05, 4.69) is 15.2 Å². The zero-order valence-electron chi connectivity index (χ0n) is 11.9. The van der Waals surface area contributed by atoms with Crippen LogP contribution >= 0.6 is 11.8 Å².